The molecule has 100 valence electrons. The lowest BCUT2D eigenvalue weighted by molar-refractivity contribution is 0.290. The standard InChI is InChI=1S/C16H21NOSi/c1-17(2)15-9-6-14(7-10-15)8-11-16(18)12-13-19(3,4)5/h6-7,9-10,16,18H,1-5H3. The van der Waals surface area contributed by atoms with Crippen molar-refractivity contribution in [2.45, 2.75) is 25.7 Å². The molecule has 1 aromatic carbocycles. The van der Waals surface area contributed by atoms with Crippen LogP contribution in [0.15, 0.2) is 24.3 Å². The van der Waals surface area contributed by atoms with Crippen molar-refractivity contribution >= 4 is 13.8 Å². The Balaban J connectivity index is 2.74. The molecule has 1 unspecified atom stereocenters. The lowest BCUT2D eigenvalue weighted by atomic mass is 10.2. The molecule has 0 radical (unpaired) electrons. The predicted octanol–water partition coefficient (Wildman–Crippen LogP) is 2.35. The molecule has 0 fully saturated rings. The molecule has 0 heterocycles. The average Bonchev–Trinajstić information content (AvgIpc) is 2.33. The van der Waals surface area contributed by atoms with Gasteiger partial charge in [-0.3, -0.25) is 0 Å². The van der Waals surface area contributed by atoms with E-state index in [9.17, 15) is 5.11 Å². The van der Waals surface area contributed by atoms with Crippen LogP contribution in [0.5, 0.6) is 0 Å². The van der Waals surface area contributed by atoms with Gasteiger partial charge in [-0.25, -0.2) is 0 Å². The average molecular weight is 271 g/mol. The zero-order valence-electron chi connectivity index (χ0n) is 12.3. The number of benzene rings is 1. The number of nitrogens with zero attached hydrogens (tertiary/aromatic N) is 1. The third kappa shape index (κ3) is 6.15. The van der Waals surface area contributed by atoms with Gasteiger partial charge in [0.2, 0.25) is 0 Å². The molecule has 2 nitrogen and oxygen atoms in total. The fourth-order valence-corrected chi connectivity index (χ4v) is 1.89. The van der Waals surface area contributed by atoms with Gasteiger partial charge in [0, 0.05) is 25.3 Å². The lowest BCUT2D eigenvalue weighted by Gasteiger charge is -2.11. The van der Waals surface area contributed by atoms with Gasteiger partial charge in [0.05, 0.1) is 0 Å². The summed E-state index contributed by atoms with van der Waals surface area (Å²) in [7, 11) is 2.55. The van der Waals surface area contributed by atoms with Gasteiger partial charge in [-0.1, -0.05) is 37.4 Å². The number of anilines is 1. The molecule has 0 spiro atoms. The Hall–Kier alpha value is -1.68. The van der Waals surface area contributed by atoms with Crippen LogP contribution in [0.2, 0.25) is 19.6 Å². The minimum Gasteiger partial charge on any atom is -0.378 e. The van der Waals surface area contributed by atoms with Crippen molar-refractivity contribution in [3.63, 3.8) is 0 Å². The highest BCUT2D eigenvalue weighted by molar-refractivity contribution is 6.83. The maximum Gasteiger partial charge on any atom is 0.176 e. The molecule has 0 aliphatic carbocycles. The van der Waals surface area contributed by atoms with Crippen LogP contribution in [0.4, 0.5) is 5.69 Å². The summed E-state index contributed by atoms with van der Waals surface area (Å²) < 4.78 is 0. The Morgan fingerprint density at radius 1 is 1.05 bits per heavy atom. The van der Waals surface area contributed by atoms with E-state index >= 15 is 0 Å². The molecule has 1 rings (SSSR count). The number of aliphatic hydroxyl groups is 1. The van der Waals surface area contributed by atoms with Crippen LogP contribution in [0.25, 0.3) is 0 Å². The third-order valence-corrected chi connectivity index (χ3v) is 3.22. The second kappa shape index (κ2) is 6.47. The minimum absolute atomic E-state index is 0.861. The van der Waals surface area contributed by atoms with Crippen LogP contribution in [0.1, 0.15) is 5.56 Å². The molecule has 1 atom stereocenters. The Morgan fingerprint density at radius 2 is 1.63 bits per heavy atom. The van der Waals surface area contributed by atoms with E-state index in [0.717, 1.165) is 11.3 Å². The van der Waals surface area contributed by atoms with Crippen LogP contribution in [0, 0.1) is 23.3 Å². The minimum atomic E-state index is -1.44. The Bertz CT molecular complexity index is 533. The molecule has 0 saturated heterocycles. The molecular weight excluding hydrogens is 250 g/mol. The molecule has 0 aromatic heterocycles. The van der Waals surface area contributed by atoms with Gasteiger partial charge in [-0.2, -0.15) is 0 Å². The highest BCUT2D eigenvalue weighted by atomic mass is 28.3. The maximum atomic E-state index is 9.68. The molecule has 0 aliphatic heterocycles. The van der Waals surface area contributed by atoms with Crippen LogP contribution >= 0.6 is 0 Å². The summed E-state index contributed by atoms with van der Waals surface area (Å²) in [6.07, 6.45) is -0.861. The van der Waals surface area contributed by atoms with Crippen molar-refractivity contribution in [2.75, 3.05) is 19.0 Å². The first-order valence-corrected chi connectivity index (χ1v) is 9.77. The topological polar surface area (TPSA) is 23.5 Å². The fourth-order valence-electron chi connectivity index (χ4n) is 1.32. The lowest BCUT2D eigenvalue weighted by Crippen LogP contribution is -2.17. The van der Waals surface area contributed by atoms with Gasteiger partial charge in [0.15, 0.2) is 6.10 Å². The number of hydrogen-bond donors (Lipinski definition) is 1. The highest BCUT2D eigenvalue weighted by Gasteiger charge is 2.07. The summed E-state index contributed by atoms with van der Waals surface area (Å²) in [6, 6.07) is 7.90. The molecule has 19 heavy (non-hydrogen) atoms. The first-order valence-electron chi connectivity index (χ1n) is 6.27. The Morgan fingerprint density at radius 3 is 2.11 bits per heavy atom. The first kappa shape index (κ1) is 15.4. The number of hydrogen-bond acceptors (Lipinski definition) is 2. The smallest absolute Gasteiger partial charge is 0.176 e. The highest BCUT2D eigenvalue weighted by Crippen LogP contribution is 2.11. The SMILES string of the molecule is CN(C)c1ccc(C#CC(O)C#C[Si](C)(C)C)cc1. The van der Waals surface area contributed by atoms with E-state index in [1.807, 2.05) is 43.3 Å². The van der Waals surface area contributed by atoms with E-state index in [1.165, 1.54) is 0 Å². The molecule has 1 N–H and O–H groups in total. The molecule has 1 aromatic rings. The van der Waals surface area contributed by atoms with Crippen LogP contribution in [-0.4, -0.2) is 33.4 Å². The van der Waals surface area contributed by atoms with Gasteiger partial charge in [-0.05, 0) is 24.3 Å². The second-order valence-corrected chi connectivity index (χ2v) is 10.4. The number of rotatable bonds is 1. The Kier molecular flexibility index (Phi) is 5.24. The van der Waals surface area contributed by atoms with E-state index in [2.05, 4.69) is 42.9 Å². The Labute approximate surface area is 117 Å². The van der Waals surface area contributed by atoms with Crippen LogP contribution < -0.4 is 4.90 Å². The third-order valence-electron chi connectivity index (χ3n) is 2.32. The van der Waals surface area contributed by atoms with Crippen molar-refractivity contribution in [3.05, 3.63) is 29.8 Å². The summed E-state index contributed by atoms with van der Waals surface area (Å²) in [4.78, 5) is 2.03. The van der Waals surface area contributed by atoms with E-state index < -0.39 is 14.2 Å². The van der Waals surface area contributed by atoms with E-state index in [4.69, 9.17) is 0 Å². The molecular formula is C16H21NOSi. The molecule has 0 bridgehead atoms. The van der Waals surface area contributed by atoms with Crippen molar-refractivity contribution in [2.24, 2.45) is 0 Å². The molecule has 0 amide bonds. The van der Waals surface area contributed by atoms with Gasteiger partial charge in [0.25, 0.3) is 0 Å². The monoisotopic (exact) mass is 271 g/mol. The summed E-state index contributed by atoms with van der Waals surface area (Å²) >= 11 is 0. The number of aliphatic hydroxyl groups excluding tert-OH is 1. The van der Waals surface area contributed by atoms with Gasteiger partial charge >= 0.3 is 0 Å². The zero-order valence-corrected chi connectivity index (χ0v) is 13.3. The molecule has 0 aliphatic rings. The first-order chi connectivity index (χ1) is 8.78. The van der Waals surface area contributed by atoms with E-state index in [0.29, 0.717) is 0 Å². The fraction of sp³-hybridized carbons (Fsp3) is 0.375. The van der Waals surface area contributed by atoms with E-state index in [1.54, 1.807) is 0 Å². The summed E-state index contributed by atoms with van der Waals surface area (Å²) in [5.74, 6) is 8.51. The predicted molar refractivity (Wildman–Crippen MR) is 84.8 cm³/mol. The van der Waals surface area contributed by atoms with Crippen molar-refractivity contribution in [3.8, 4) is 23.3 Å². The largest absolute Gasteiger partial charge is 0.378 e. The van der Waals surface area contributed by atoms with Crippen molar-refractivity contribution < 1.29 is 5.11 Å². The van der Waals surface area contributed by atoms with Gasteiger partial charge < -0.3 is 10.0 Å². The van der Waals surface area contributed by atoms with Gasteiger partial charge in [-0.15, -0.1) is 5.54 Å². The van der Waals surface area contributed by atoms with Crippen LogP contribution in [0.3, 0.4) is 0 Å². The summed E-state index contributed by atoms with van der Waals surface area (Å²) in [5, 5.41) is 9.68. The van der Waals surface area contributed by atoms with Gasteiger partial charge in [0.1, 0.15) is 8.07 Å². The summed E-state index contributed by atoms with van der Waals surface area (Å²) in [5.41, 5.74) is 5.13. The molecule has 0 saturated carbocycles. The van der Waals surface area contributed by atoms with E-state index in [-0.39, 0.29) is 0 Å². The normalized spacial score (nSPS) is 11.7. The second-order valence-electron chi connectivity index (χ2n) is 5.63. The van der Waals surface area contributed by atoms with Crippen LogP contribution in [-0.2, 0) is 0 Å². The maximum absolute atomic E-state index is 9.68. The summed E-state index contributed by atoms with van der Waals surface area (Å²) in [6.45, 7) is 6.42. The van der Waals surface area contributed by atoms with Crippen molar-refractivity contribution in [1.29, 1.82) is 0 Å². The zero-order chi connectivity index (χ0) is 14.5. The molecule has 3 heteroatoms. The quantitative estimate of drug-likeness (QED) is 0.626. The van der Waals surface area contributed by atoms with Crippen molar-refractivity contribution in [1.82, 2.24) is 0 Å².